The number of carbonyl (C=O) groups is 2. The Hall–Kier alpha value is -2.28. The van der Waals surface area contributed by atoms with Gasteiger partial charge in [-0.25, -0.2) is 9.37 Å². The third-order valence-corrected chi connectivity index (χ3v) is 3.98. The van der Waals surface area contributed by atoms with Crippen molar-refractivity contribution in [2.24, 2.45) is 0 Å². The summed E-state index contributed by atoms with van der Waals surface area (Å²) in [4.78, 5) is 28.2. The van der Waals surface area contributed by atoms with Gasteiger partial charge in [-0.2, -0.15) is 0 Å². The fourth-order valence-corrected chi connectivity index (χ4v) is 2.64. The number of carboxylic acid groups (broad SMARTS) is 1. The number of aromatic nitrogens is 1. The standard InChI is InChI=1S/C15H15FN2O3S/c1-18(6-5-14(20)21)13(19)8-12-9-22-15(17-12)10-3-2-4-11(16)7-10/h2-4,7,9H,5-6,8H2,1H3,(H,20,21). The van der Waals surface area contributed by atoms with Crippen molar-refractivity contribution in [2.45, 2.75) is 12.8 Å². The van der Waals surface area contributed by atoms with Crippen LogP contribution in [-0.4, -0.2) is 40.5 Å². The van der Waals surface area contributed by atoms with Gasteiger partial charge in [0.25, 0.3) is 0 Å². The van der Waals surface area contributed by atoms with Gasteiger partial charge in [-0.3, -0.25) is 9.59 Å². The SMILES string of the molecule is CN(CCC(=O)O)C(=O)Cc1csc(-c2cccc(F)c2)n1. The molecule has 116 valence electrons. The number of carbonyl (C=O) groups excluding carboxylic acids is 1. The Morgan fingerprint density at radius 1 is 1.41 bits per heavy atom. The number of hydrogen-bond acceptors (Lipinski definition) is 4. The Morgan fingerprint density at radius 2 is 2.18 bits per heavy atom. The average molecular weight is 322 g/mol. The van der Waals surface area contributed by atoms with Gasteiger partial charge in [0.15, 0.2) is 0 Å². The van der Waals surface area contributed by atoms with Crippen molar-refractivity contribution in [1.82, 2.24) is 9.88 Å². The molecule has 0 aliphatic heterocycles. The molecule has 2 rings (SSSR count). The number of benzene rings is 1. The molecule has 0 atom stereocenters. The highest BCUT2D eigenvalue weighted by Crippen LogP contribution is 2.24. The zero-order valence-corrected chi connectivity index (χ0v) is 12.8. The van der Waals surface area contributed by atoms with Crippen LogP contribution >= 0.6 is 11.3 Å². The monoisotopic (exact) mass is 322 g/mol. The first-order valence-electron chi connectivity index (χ1n) is 6.62. The molecule has 0 saturated carbocycles. The van der Waals surface area contributed by atoms with Crippen molar-refractivity contribution in [1.29, 1.82) is 0 Å². The number of amides is 1. The molecule has 1 amide bonds. The lowest BCUT2D eigenvalue weighted by Gasteiger charge is -2.15. The second-order valence-electron chi connectivity index (χ2n) is 4.79. The smallest absolute Gasteiger partial charge is 0.305 e. The molecule has 2 aromatic rings. The van der Waals surface area contributed by atoms with Crippen LogP contribution in [0.25, 0.3) is 10.6 Å². The van der Waals surface area contributed by atoms with Crippen molar-refractivity contribution in [3.05, 3.63) is 41.2 Å². The molecule has 0 unspecified atom stereocenters. The second-order valence-corrected chi connectivity index (χ2v) is 5.65. The number of hydrogen-bond donors (Lipinski definition) is 1. The first kappa shape index (κ1) is 16.1. The van der Waals surface area contributed by atoms with Crippen LogP contribution in [0.1, 0.15) is 12.1 Å². The molecule has 0 radical (unpaired) electrons. The Kier molecular flexibility index (Phi) is 5.21. The fourth-order valence-electron chi connectivity index (χ4n) is 1.82. The lowest BCUT2D eigenvalue weighted by Crippen LogP contribution is -2.30. The van der Waals surface area contributed by atoms with Gasteiger partial charge in [0, 0.05) is 24.5 Å². The molecule has 7 heteroatoms. The third kappa shape index (κ3) is 4.36. The van der Waals surface area contributed by atoms with Crippen molar-refractivity contribution in [3.63, 3.8) is 0 Å². The van der Waals surface area contributed by atoms with Crippen LogP contribution in [0.3, 0.4) is 0 Å². The summed E-state index contributed by atoms with van der Waals surface area (Å²) in [7, 11) is 1.56. The van der Waals surface area contributed by atoms with E-state index in [2.05, 4.69) is 4.98 Å². The minimum Gasteiger partial charge on any atom is -0.481 e. The van der Waals surface area contributed by atoms with Crippen molar-refractivity contribution in [2.75, 3.05) is 13.6 Å². The zero-order valence-electron chi connectivity index (χ0n) is 12.0. The third-order valence-electron chi connectivity index (χ3n) is 3.04. The van der Waals surface area contributed by atoms with E-state index in [1.807, 2.05) is 0 Å². The molecule has 1 aromatic carbocycles. The van der Waals surface area contributed by atoms with Crippen LogP contribution in [0, 0.1) is 5.82 Å². The van der Waals surface area contributed by atoms with E-state index in [4.69, 9.17) is 5.11 Å². The highest BCUT2D eigenvalue weighted by molar-refractivity contribution is 7.13. The van der Waals surface area contributed by atoms with Gasteiger partial charge in [0.2, 0.25) is 5.91 Å². The first-order valence-corrected chi connectivity index (χ1v) is 7.50. The molecule has 1 heterocycles. The van der Waals surface area contributed by atoms with E-state index in [1.165, 1.54) is 28.4 Å². The minimum atomic E-state index is -0.943. The molecule has 22 heavy (non-hydrogen) atoms. The molecule has 0 aliphatic rings. The van der Waals surface area contributed by atoms with Crippen LogP contribution in [0.4, 0.5) is 4.39 Å². The van der Waals surface area contributed by atoms with Crippen molar-refractivity contribution < 1.29 is 19.1 Å². The lowest BCUT2D eigenvalue weighted by molar-refractivity contribution is -0.138. The topological polar surface area (TPSA) is 70.5 Å². The first-order chi connectivity index (χ1) is 10.5. The number of aliphatic carboxylic acids is 1. The molecule has 0 bridgehead atoms. The summed E-state index contributed by atoms with van der Waals surface area (Å²) in [5.74, 6) is -1.47. The van der Waals surface area contributed by atoms with Gasteiger partial charge in [0.05, 0.1) is 18.5 Å². The molecular weight excluding hydrogens is 307 g/mol. The fraction of sp³-hybridized carbons (Fsp3) is 0.267. The predicted molar refractivity (Wildman–Crippen MR) is 81.1 cm³/mol. The van der Waals surface area contributed by atoms with E-state index < -0.39 is 5.97 Å². The van der Waals surface area contributed by atoms with E-state index in [-0.39, 0.29) is 31.1 Å². The summed E-state index contributed by atoms with van der Waals surface area (Å²) in [6.45, 7) is 0.162. The molecule has 0 fully saturated rings. The molecule has 1 aromatic heterocycles. The Labute approximate surface area is 131 Å². The Morgan fingerprint density at radius 3 is 2.86 bits per heavy atom. The normalized spacial score (nSPS) is 10.5. The van der Waals surface area contributed by atoms with E-state index in [1.54, 1.807) is 24.6 Å². The largest absolute Gasteiger partial charge is 0.481 e. The molecule has 1 N–H and O–H groups in total. The highest BCUT2D eigenvalue weighted by Gasteiger charge is 2.14. The lowest BCUT2D eigenvalue weighted by atomic mass is 10.2. The molecule has 0 aliphatic carbocycles. The average Bonchev–Trinajstić information content (AvgIpc) is 2.93. The van der Waals surface area contributed by atoms with E-state index in [9.17, 15) is 14.0 Å². The molecule has 0 saturated heterocycles. The van der Waals surface area contributed by atoms with Gasteiger partial charge in [-0.05, 0) is 12.1 Å². The van der Waals surface area contributed by atoms with Crippen LogP contribution < -0.4 is 0 Å². The Balaban J connectivity index is 2.00. The minimum absolute atomic E-state index is 0.0894. The van der Waals surface area contributed by atoms with E-state index >= 15 is 0 Å². The van der Waals surface area contributed by atoms with Crippen molar-refractivity contribution in [3.8, 4) is 10.6 Å². The van der Waals surface area contributed by atoms with Gasteiger partial charge < -0.3 is 10.0 Å². The summed E-state index contributed by atoms with van der Waals surface area (Å²) in [6, 6.07) is 6.12. The van der Waals surface area contributed by atoms with Crippen LogP contribution in [0.2, 0.25) is 0 Å². The zero-order chi connectivity index (χ0) is 16.1. The maximum absolute atomic E-state index is 13.2. The van der Waals surface area contributed by atoms with Crippen LogP contribution in [-0.2, 0) is 16.0 Å². The molecule has 0 spiro atoms. The summed E-state index contributed by atoms with van der Waals surface area (Å²) >= 11 is 1.34. The second kappa shape index (κ2) is 7.13. The van der Waals surface area contributed by atoms with Crippen molar-refractivity contribution >= 4 is 23.2 Å². The van der Waals surface area contributed by atoms with Gasteiger partial charge in [0.1, 0.15) is 10.8 Å². The Bertz CT molecular complexity index is 687. The number of carboxylic acids is 1. The van der Waals surface area contributed by atoms with Crippen LogP contribution in [0.5, 0.6) is 0 Å². The molecule has 5 nitrogen and oxygen atoms in total. The number of halogens is 1. The quantitative estimate of drug-likeness (QED) is 0.887. The summed E-state index contributed by atoms with van der Waals surface area (Å²) < 4.78 is 13.2. The van der Waals surface area contributed by atoms with Gasteiger partial charge in [-0.15, -0.1) is 11.3 Å². The maximum Gasteiger partial charge on any atom is 0.305 e. The number of rotatable bonds is 6. The van der Waals surface area contributed by atoms with E-state index in [0.717, 1.165) is 0 Å². The number of nitrogens with zero attached hydrogens (tertiary/aromatic N) is 2. The van der Waals surface area contributed by atoms with Gasteiger partial charge >= 0.3 is 5.97 Å². The highest BCUT2D eigenvalue weighted by atomic mass is 32.1. The number of thiazole rings is 1. The maximum atomic E-state index is 13.2. The summed E-state index contributed by atoms with van der Waals surface area (Å²) in [5, 5.41) is 11.0. The summed E-state index contributed by atoms with van der Waals surface area (Å²) in [5.41, 5.74) is 1.26. The van der Waals surface area contributed by atoms with E-state index in [0.29, 0.717) is 16.3 Å². The number of likely N-dealkylation sites (N-methyl/N-ethyl adjacent to an activating group) is 1. The van der Waals surface area contributed by atoms with Crippen LogP contribution in [0.15, 0.2) is 29.6 Å². The van der Waals surface area contributed by atoms with Gasteiger partial charge in [-0.1, -0.05) is 12.1 Å². The predicted octanol–water partition coefficient (Wildman–Crippen LogP) is 2.42. The molecular formula is C15H15FN2O3S. The summed E-state index contributed by atoms with van der Waals surface area (Å²) in [6.07, 6.45) is 0.00970.